The lowest BCUT2D eigenvalue weighted by molar-refractivity contribution is 0.0963. The third-order valence-corrected chi connectivity index (χ3v) is 4.44. The molecule has 5 nitrogen and oxygen atoms in total. The van der Waals surface area contributed by atoms with Crippen LogP contribution in [0.3, 0.4) is 0 Å². The molecule has 0 aliphatic rings. The van der Waals surface area contributed by atoms with Gasteiger partial charge in [-0.2, -0.15) is 0 Å². The maximum Gasteiger partial charge on any atom is 0.261 e. The first kappa shape index (κ1) is 15.3. The van der Waals surface area contributed by atoms with Crippen LogP contribution in [-0.4, -0.2) is 21.4 Å². The van der Waals surface area contributed by atoms with Gasteiger partial charge in [0.2, 0.25) is 0 Å². The fraction of sp³-hybridized carbons (Fsp3) is 0.0714. The molecule has 110 valence electrons. The summed E-state index contributed by atoms with van der Waals surface area (Å²) in [7, 11) is -2.34. The molecular formula is C14H13ClN2O3S. The van der Waals surface area contributed by atoms with E-state index in [1.165, 1.54) is 31.3 Å². The van der Waals surface area contributed by atoms with Gasteiger partial charge in [-0.25, -0.2) is 8.42 Å². The topological polar surface area (TPSA) is 75.3 Å². The van der Waals surface area contributed by atoms with Gasteiger partial charge < -0.3 is 5.32 Å². The molecule has 2 rings (SSSR count). The highest BCUT2D eigenvalue weighted by atomic mass is 35.5. The summed E-state index contributed by atoms with van der Waals surface area (Å²) in [6.07, 6.45) is 0. The quantitative estimate of drug-likeness (QED) is 0.907. The number of halogens is 1. The number of nitrogens with one attached hydrogen (secondary N) is 2. The lowest BCUT2D eigenvalue weighted by atomic mass is 10.2. The Morgan fingerprint density at radius 1 is 1.10 bits per heavy atom. The Kier molecular flexibility index (Phi) is 4.50. The summed E-state index contributed by atoms with van der Waals surface area (Å²) in [6.45, 7) is 0. The van der Waals surface area contributed by atoms with Gasteiger partial charge >= 0.3 is 0 Å². The van der Waals surface area contributed by atoms with Crippen LogP contribution in [0.4, 0.5) is 5.69 Å². The van der Waals surface area contributed by atoms with Crippen LogP contribution < -0.4 is 10.0 Å². The van der Waals surface area contributed by atoms with Crippen molar-refractivity contribution >= 4 is 33.2 Å². The highest BCUT2D eigenvalue weighted by Crippen LogP contribution is 2.24. The summed E-state index contributed by atoms with van der Waals surface area (Å²) in [4.78, 5) is 11.5. The molecule has 2 aromatic carbocycles. The minimum Gasteiger partial charge on any atom is -0.355 e. The van der Waals surface area contributed by atoms with Crippen LogP contribution in [0.1, 0.15) is 10.4 Å². The van der Waals surface area contributed by atoms with Crippen molar-refractivity contribution in [3.05, 3.63) is 59.1 Å². The van der Waals surface area contributed by atoms with Gasteiger partial charge in [-0.15, -0.1) is 0 Å². The van der Waals surface area contributed by atoms with Gasteiger partial charge in [0.1, 0.15) is 0 Å². The van der Waals surface area contributed by atoms with Crippen LogP contribution in [0.15, 0.2) is 53.4 Å². The summed E-state index contributed by atoms with van der Waals surface area (Å²) >= 11 is 5.93. The van der Waals surface area contributed by atoms with Crippen molar-refractivity contribution in [1.29, 1.82) is 0 Å². The van der Waals surface area contributed by atoms with E-state index in [1.807, 2.05) is 0 Å². The molecule has 0 atom stereocenters. The van der Waals surface area contributed by atoms with Gasteiger partial charge in [0.15, 0.2) is 0 Å². The first-order valence-corrected chi connectivity index (χ1v) is 7.89. The van der Waals surface area contributed by atoms with E-state index in [0.29, 0.717) is 5.02 Å². The van der Waals surface area contributed by atoms with Crippen LogP contribution >= 0.6 is 11.6 Å². The minimum absolute atomic E-state index is 0.0106. The molecule has 0 aliphatic carbocycles. The second-order valence-electron chi connectivity index (χ2n) is 4.19. The molecular weight excluding hydrogens is 312 g/mol. The summed E-state index contributed by atoms with van der Waals surface area (Å²) in [6, 6.07) is 12.3. The highest BCUT2D eigenvalue weighted by Gasteiger charge is 2.17. The normalized spacial score (nSPS) is 11.0. The van der Waals surface area contributed by atoms with Crippen molar-refractivity contribution in [2.24, 2.45) is 0 Å². The molecule has 0 bridgehead atoms. The number of para-hydroxylation sites is 1. The maximum absolute atomic E-state index is 12.3. The van der Waals surface area contributed by atoms with Gasteiger partial charge in [0, 0.05) is 12.6 Å². The third kappa shape index (κ3) is 3.53. The Morgan fingerprint density at radius 3 is 2.48 bits per heavy atom. The van der Waals surface area contributed by atoms with E-state index >= 15 is 0 Å². The van der Waals surface area contributed by atoms with E-state index < -0.39 is 10.0 Å². The van der Waals surface area contributed by atoms with Crippen LogP contribution in [0.25, 0.3) is 0 Å². The van der Waals surface area contributed by atoms with E-state index in [2.05, 4.69) is 10.0 Å². The number of rotatable bonds is 4. The summed E-state index contributed by atoms with van der Waals surface area (Å²) in [5.74, 6) is -0.357. The summed E-state index contributed by atoms with van der Waals surface area (Å²) in [5.41, 5.74) is 0.545. The molecule has 2 N–H and O–H groups in total. The fourth-order valence-electron chi connectivity index (χ4n) is 1.70. The SMILES string of the molecule is CNC(=O)c1cccc(S(=O)(=O)Nc2ccccc2Cl)c1. The number of hydrogen-bond donors (Lipinski definition) is 2. The van der Waals surface area contributed by atoms with Crippen molar-refractivity contribution in [3.8, 4) is 0 Å². The Morgan fingerprint density at radius 2 is 1.81 bits per heavy atom. The summed E-state index contributed by atoms with van der Waals surface area (Å²) in [5, 5.41) is 2.74. The molecule has 0 spiro atoms. The van der Waals surface area contributed by atoms with Crippen molar-refractivity contribution in [2.45, 2.75) is 4.90 Å². The van der Waals surface area contributed by atoms with E-state index in [0.717, 1.165) is 0 Å². The van der Waals surface area contributed by atoms with Crippen molar-refractivity contribution in [2.75, 3.05) is 11.8 Å². The minimum atomic E-state index is -3.81. The van der Waals surface area contributed by atoms with Crippen molar-refractivity contribution < 1.29 is 13.2 Å². The molecule has 7 heteroatoms. The first-order valence-electron chi connectivity index (χ1n) is 6.03. The molecule has 0 radical (unpaired) electrons. The Balaban J connectivity index is 2.36. The fourth-order valence-corrected chi connectivity index (χ4v) is 3.06. The van der Waals surface area contributed by atoms with E-state index in [9.17, 15) is 13.2 Å². The second-order valence-corrected chi connectivity index (χ2v) is 6.28. The van der Waals surface area contributed by atoms with Gasteiger partial charge in [-0.3, -0.25) is 9.52 Å². The monoisotopic (exact) mass is 324 g/mol. The molecule has 2 aromatic rings. The van der Waals surface area contributed by atoms with Crippen LogP contribution in [-0.2, 0) is 10.0 Å². The average Bonchev–Trinajstić information content (AvgIpc) is 2.49. The lowest BCUT2D eigenvalue weighted by Crippen LogP contribution is -2.19. The summed E-state index contributed by atoms with van der Waals surface area (Å²) < 4.78 is 27.0. The van der Waals surface area contributed by atoms with E-state index in [-0.39, 0.29) is 22.1 Å². The Bertz CT molecular complexity index is 775. The van der Waals surface area contributed by atoms with Gasteiger partial charge in [0.25, 0.3) is 15.9 Å². The smallest absolute Gasteiger partial charge is 0.261 e. The Labute approximate surface area is 128 Å². The molecule has 1 amide bonds. The van der Waals surface area contributed by atoms with Crippen molar-refractivity contribution in [3.63, 3.8) is 0 Å². The largest absolute Gasteiger partial charge is 0.355 e. The average molecular weight is 325 g/mol. The molecule has 21 heavy (non-hydrogen) atoms. The molecule has 0 heterocycles. The van der Waals surface area contributed by atoms with Crippen molar-refractivity contribution in [1.82, 2.24) is 5.32 Å². The number of hydrogen-bond acceptors (Lipinski definition) is 3. The molecule has 0 fully saturated rings. The van der Waals surface area contributed by atoms with Gasteiger partial charge in [-0.1, -0.05) is 29.8 Å². The van der Waals surface area contributed by atoms with Gasteiger partial charge in [0.05, 0.1) is 15.6 Å². The predicted octanol–water partition coefficient (Wildman–Crippen LogP) is 2.50. The number of carbonyl (C=O) groups excluding carboxylic acids is 1. The maximum atomic E-state index is 12.3. The van der Waals surface area contributed by atoms with Crippen LogP contribution in [0.5, 0.6) is 0 Å². The zero-order valence-electron chi connectivity index (χ0n) is 11.1. The second kappa shape index (κ2) is 6.15. The number of benzene rings is 2. The molecule has 0 aliphatic heterocycles. The Hall–Kier alpha value is -2.05. The molecule has 0 unspecified atom stereocenters. The van der Waals surface area contributed by atoms with Crippen LogP contribution in [0, 0.1) is 0 Å². The number of amides is 1. The van der Waals surface area contributed by atoms with E-state index in [4.69, 9.17) is 11.6 Å². The number of carbonyl (C=O) groups is 1. The molecule has 0 saturated heterocycles. The van der Waals surface area contributed by atoms with Gasteiger partial charge in [-0.05, 0) is 30.3 Å². The zero-order valence-corrected chi connectivity index (χ0v) is 12.7. The number of sulfonamides is 1. The highest BCUT2D eigenvalue weighted by molar-refractivity contribution is 7.92. The van der Waals surface area contributed by atoms with Crippen LogP contribution in [0.2, 0.25) is 5.02 Å². The predicted molar refractivity (Wildman–Crippen MR) is 82.1 cm³/mol. The standard InChI is InChI=1S/C14H13ClN2O3S/c1-16-14(18)10-5-4-6-11(9-10)21(19,20)17-13-8-3-2-7-12(13)15/h2-9,17H,1H3,(H,16,18). The molecule has 0 saturated carbocycles. The third-order valence-electron chi connectivity index (χ3n) is 2.75. The zero-order chi connectivity index (χ0) is 15.5. The lowest BCUT2D eigenvalue weighted by Gasteiger charge is -2.10. The molecule has 0 aromatic heterocycles. The first-order chi connectivity index (χ1) is 9.94. The number of anilines is 1. The van der Waals surface area contributed by atoms with E-state index in [1.54, 1.807) is 24.3 Å².